The van der Waals surface area contributed by atoms with Crippen LogP contribution in [0.15, 0.2) is 60.7 Å². The van der Waals surface area contributed by atoms with Gasteiger partial charge >= 0.3 is 0 Å². The van der Waals surface area contributed by atoms with E-state index in [4.69, 9.17) is 0 Å². The van der Waals surface area contributed by atoms with E-state index in [9.17, 15) is 10.5 Å². The molecule has 0 spiro atoms. The molecule has 0 saturated heterocycles. The summed E-state index contributed by atoms with van der Waals surface area (Å²) in [6.07, 6.45) is 7.91. The Morgan fingerprint density at radius 2 is 0.917 bits per heavy atom. The van der Waals surface area contributed by atoms with Crippen LogP contribution >= 0.6 is 0 Å². The van der Waals surface area contributed by atoms with Gasteiger partial charge in [0.15, 0.2) is 0 Å². The Morgan fingerprint density at radius 3 is 1.22 bits per heavy atom. The summed E-state index contributed by atoms with van der Waals surface area (Å²) < 4.78 is 0. The van der Waals surface area contributed by atoms with Crippen molar-refractivity contribution < 1.29 is 0 Å². The SMILES string of the molecule is CCN(CC)c1ccc(/C=C/c2cc(/C=C/c3ccc(N(CC)CC)cc3)c(C#N)cc2C#N)cc1. The molecular formula is C32H34N4. The van der Waals surface area contributed by atoms with E-state index in [1.165, 1.54) is 11.4 Å². The highest BCUT2D eigenvalue weighted by Gasteiger charge is 2.07. The molecule has 0 aromatic heterocycles. The Morgan fingerprint density at radius 1 is 0.556 bits per heavy atom. The first-order chi connectivity index (χ1) is 17.6. The maximum absolute atomic E-state index is 9.68. The molecular weight excluding hydrogens is 440 g/mol. The van der Waals surface area contributed by atoms with Crippen molar-refractivity contribution in [3.63, 3.8) is 0 Å². The van der Waals surface area contributed by atoms with Crippen LogP contribution in [-0.4, -0.2) is 26.2 Å². The second kappa shape index (κ2) is 13.0. The molecule has 0 fully saturated rings. The summed E-state index contributed by atoms with van der Waals surface area (Å²) in [6.45, 7) is 12.5. The fourth-order valence-corrected chi connectivity index (χ4v) is 4.25. The van der Waals surface area contributed by atoms with Crippen molar-refractivity contribution in [1.82, 2.24) is 0 Å². The van der Waals surface area contributed by atoms with Gasteiger partial charge < -0.3 is 9.80 Å². The van der Waals surface area contributed by atoms with Crippen LogP contribution < -0.4 is 9.80 Å². The summed E-state index contributed by atoms with van der Waals surface area (Å²) in [5.41, 5.74) is 7.08. The van der Waals surface area contributed by atoms with Crippen molar-refractivity contribution >= 4 is 35.7 Å². The number of nitriles is 2. The summed E-state index contributed by atoms with van der Waals surface area (Å²) in [6, 6.07) is 24.9. The van der Waals surface area contributed by atoms with Crippen molar-refractivity contribution in [3.05, 3.63) is 94.0 Å². The van der Waals surface area contributed by atoms with Crippen LogP contribution in [0, 0.1) is 22.7 Å². The summed E-state index contributed by atoms with van der Waals surface area (Å²) in [5, 5.41) is 19.4. The summed E-state index contributed by atoms with van der Waals surface area (Å²) in [7, 11) is 0. The van der Waals surface area contributed by atoms with Gasteiger partial charge in [0.05, 0.1) is 23.3 Å². The molecule has 36 heavy (non-hydrogen) atoms. The minimum absolute atomic E-state index is 0.489. The fourth-order valence-electron chi connectivity index (χ4n) is 4.25. The van der Waals surface area contributed by atoms with Crippen LogP contribution in [-0.2, 0) is 0 Å². The molecule has 0 N–H and O–H groups in total. The average molecular weight is 475 g/mol. The number of hydrogen-bond acceptors (Lipinski definition) is 4. The average Bonchev–Trinajstić information content (AvgIpc) is 2.93. The van der Waals surface area contributed by atoms with Crippen LogP contribution in [0.4, 0.5) is 11.4 Å². The third kappa shape index (κ3) is 6.44. The maximum Gasteiger partial charge on any atom is 0.0998 e. The van der Waals surface area contributed by atoms with E-state index < -0.39 is 0 Å². The summed E-state index contributed by atoms with van der Waals surface area (Å²) in [4.78, 5) is 4.61. The van der Waals surface area contributed by atoms with Gasteiger partial charge in [0.1, 0.15) is 0 Å². The number of nitrogens with zero attached hydrogens (tertiary/aromatic N) is 4. The molecule has 0 atom stereocenters. The van der Waals surface area contributed by atoms with E-state index in [2.05, 4.69) is 98.2 Å². The quantitative estimate of drug-likeness (QED) is 0.286. The van der Waals surface area contributed by atoms with Crippen LogP contribution in [0.5, 0.6) is 0 Å². The molecule has 0 amide bonds. The number of anilines is 2. The zero-order valence-corrected chi connectivity index (χ0v) is 21.7. The molecule has 0 aliphatic carbocycles. The molecule has 3 aromatic rings. The standard InChI is InChI=1S/C32H34N4/c1-5-35(6-2)31-17-11-25(12-18-31)9-15-27-21-28(30(24-34)22-29(27)23-33)16-10-26-13-19-32(20-14-26)36(7-3)8-4/h9-22H,5-8H2,1-4H3/b15-9+,16-10+. The van der Waals surface area contributed by atoms with Gasteiger partial charge in [-0.25, -0.2) is 0 Å². The Bertz CT molecular complexity index is 1180. The van der Waals surface area contributed by atoms with Crippen LogP contribution in [0.3, 0.4) is 0 Å². The van der Waals surface area contributed by atoms with Crippen molar-refractivity contribution in [2.75, 3.05) is 36.0 Å². The van der Waals surface area contributed by atoms with Gasteiger partial charge in [-0.15, -0.1) is 0 Å². The van der Waals surface area contributed by atoms with E-state index >= 15 is 0 Å². The fraction of sp³-hybridized carbons (Fsp3) is 0.250. The highest BCUT2D eigenvalue weighted by Crippen LogP contribution is 2.23. The van der Waals surface area contributed by atoms with E-state index in [1.807, 2.05) is 30.4 Å². The molecule has 0 aliphatic heterocycles. The van der Waals surface area contributed by atoms with Gasteiger partial charge in [0.25, 0.3) is 0 Å². The third-order valence-corrected chi connectivity index (χ3v) is 6.42. The number of hydrogen-bond donors (Lipinski definition) is 0. The Balaban J connectivity index is 1.87. The molecule has 3 aromatic carbocycles. The topological polar surface area (TPSA) is 54.1 Å². The lowest BCUT2D eigenvalue weighted by atomic mass is 9.97. The summed E-state index contributed by atoms with van der Waals surface area (Å²) >= 11 is 0. The normalized spacial score (nSPS) is 10.9. The largest absolute Gasteiger partial charge is 0.372 e. The van der Waals surface area contributed by atoms with Gasteiger partial charge in [-0.1, -0.05) is 48.6 Å². The molecule has 0 heterocycles. The second-order valence-electron chi connectivity index (χ2n) is 8.44. The molecule has 4 heteroatoms. The lowest BCUT2D eigenvalue weighted by molar-refractivity contribution is 0.866. The molecule has 0 radical (unpaired) electrons. The van der Waals surface area contributed by atoms with Crippen LogP contribution in [0.2, 0.25) is 0 Å². The Labute approximate surface area is 216 Å². The predicted molar refractivity (Wildman–Crippen MR) is 154 cm³/mol. The van der Waals surface area contributed by atoms with E-state index in [0.717, 1.165) is 48.4 Å². The zero-order chi connectivity index (χ0) is 25.9. The number of rotatable bonds is 10. The molecule has 0 aliphatic rings. The van der Waals surface area contributed by atoms with Gasteiger partial charge in [-0.3, -0.25) is 0 Å². The minimum Gasteiger partial charge on any atom is -0.372 e. The van der Waals surface area contributed by atoms with Gasteiger partial charge in [0.2, 0.25) is 0 Å². The summed E-state index contributed by atoms with van der Waals surface area (Å²) in [5.74, 6) is 0. The Hall–Kier alpha value is -4.28. The van der Waals surface area contributed by atoms with Crippen molar-refractivity contribution in [2.45, 2.75) is 27.7 Å². The smallest absolute Gasteiger partial charge is 0.0998 e. The molecule has 182 valence electrons. The van der Waals surface area contributed by atoms with Gasteiger partial charge in [0, 0.05) is 37.6 Å². The molecule has 0 unspecified atom stereocenters. The van der Waals surface area contributed by atoms with Crippen molar-refractivity contribution in [1.29, 1.82) is 10.5 Å². The maximum atomic E-state index is 9.68. The van der Waals surface area contributed by atoms with Crippen molar-refractivity contribution in [2.24, 2.45) is 0 Å². The first-order valence-corrected chi connectivity index (χ1v) is 12.6. The van der Waals surface area contributed by atoms with Crippen LogP contribution in [0.1, 0.15) is 61.1 Å². The molecule has 3 rings (SSSR count). The lowest BCUT2D eigenvalue weighted by Gasteiger charge is -2.20. The molecule has 0 bridgehead atoms. The van der Waals surface area contributed by atoms with Crippen LogP contribution in [0.25, 0.3) is 24.3 Å². The first kappa shape index (κ1) is 26.3. The zero-order valence-electron chi connectivity index (χ0n) is 21.7. The van der Waals surface area contributed by atoms with Gasteiger partial charge in [-0.05, 0) is 86.3 Å². The van der Waals surface area contributed by atoms with E-state index in [-0.39, 0.29) is 0 Å². The Kier molecular flexibility index (Phi) is 9.49. The van der Waals surface area contributed by atoms with Crippen molar-refractivity contribution in [3.8, 4) is 12.1 Å². The number of benzene rings is 3. The molecule has 4 nitrogen and oxygen atoms in total. The monoisotopic (exact) mass is 474 g/mol. The third-order valence-electron chi connectivity index (χ3n) is 6.42. The first-order valence-electron chi connectivity index (χ1n) is 12.6. The van der Waals surface area contributed by atoms with E-state index in [1.54, 1.807) is 6.07 Å². The highest BCUT2D eigenvalue weighted by molar-refractivity contribution is 5.79. The second-order valence-corrected chi connectivity index (χ2v) is 8.44. The minimum atomic E-state index is 0.489. The predicted octanol–water partition coefficient (Wildman–Crippen LogP) is 7.46. The molecule has 0 saturated carbocycles. The lowest BCUT2D eigenvalue weighted by Crippen LogP contribution is -2.21. The van der Waals surface area contributed by atoms with Gasteiger partial charge in [-0.2, -0.15) is 10.5 Å². The van der Waals surface area contributed by atoms with E-state index in [0.29, 0.717) is 11.1 Å². The highest BCUT2D eigenvalue weighted by atomic mass is 15.1.